The van der Waals surface area contributed by atoms with Gasteiger partial charge in [0.05, 0.1) is 50.7 Å². The van der Waals surface area contributed by atoms with Gasteiger partial charge in [0.1, 0.15) is 24.4 Å². The molecule has 10 atom stereocenters. The van der Waals surface area contributed by atoms with E-state index in [0.717, 1.165) is 0 Å². The number of nitrogens with zero attached hydrogens (tertiary/aromatic N) is 1. The molecule has 14 heteroatoms. The second kappa shape index (κ2) is 15.7. The number of carbonyl (C=O) groups is 2. The molecule has 3 aliphatic rings. The van der Waals surface area contributed by atoms with Crippen LogP contribution in [0.4, 0.5) is 0 Å². The van der Waals surface area contributed by atoms with Gasteiger partial charge in [-0.3, -0.25) is 15.0 Å². The number of carboxylic acids is 1. The number of carbonyl (C=O) groups excluding carboxylic acids is 1. The van der Waals surface area contributed by atoms with Crippen LogP contribution in [0.5, 0.6) is 0 Å². The maximum Gasteiger partial charge on any atom is 0.337 e. The number of allylic oxidation sites excluding steroid dienone is 1. The second-order valence-corrected chi connectivity index (χ2v) is 10.3. The molecule has 0 radical (unpaired) electrons. The number of carboxylic acid groups (broad SMARTS) is 1. The lowest BCUT2D eigenvalue weighted by atomic mass is 9.81. The first-order valence-electron chi connectivity index (χ1n) is 13.5. The molecule has 3 rings (SSSR count). The zero-order valence-electron chi connectivity index (χ0n) is 23.3. The standard InChI is InChI=1S/C27H42N2O12/c1-4-17-18(6-5-15-9-16(24(34)35)11-29(10-15)7-8-30)19(25(36)37-3)13-38-26(17)41-27-23(39-14-28-2)22(33)21(32)20(12-31)40-27/h4-6,13,15-18,20-23,26-28,30-33H,1,7-12,14H2,2-3H3,(H,34,35). The maximum atomic E-state index is 12.7. The van der Waals surface area contributed by atoms with Crippen molar-refractivity contribution in [3.05, 3.63) is 36.6 Å². The minimum absolute atomic E-state index is 0.00163. The number of methoxy groups -OCH3 is 1. The molecule has 3 heterocycles. The number of aliphatic carboxylic acids is 1. The van der Waals surface area contributed by atoms with Gasteiger partial charge in [-0.15, -0.1) is 6.58 Å². The molecular formula is C27H42N2O12. The Kier molecular flexibility index (Phi) is 12.7. The number of piperidine rings is 1. The van der Waals surface area contributed by atoms with E-state index in [1.165, 1.54) is 19.4 Å². The first kappa shape index (κ1) is 33.1. The average Bonchev–Trinajstić information content (AvgIpc) is 2.97. The van der Waals surface area contributed by atoms with E-state index < -0.39 is 73.3 Å². The quantitative estimate of drug-likeness (QED) is 0.0820. The third-order valence-corrected chi connectivity index (χ3v) is 7.54. The summed E-state index contributed by atoms with van der Waals surface area (Å²) in [7, 11) is 2.86. The van der Waals surface area contributed by atoms with Crippen molar-refractivity contribution in [1.82, 2.24) is 10.2 Å². The highest BCUT2D eigenvalue weighted by Gasteiger charge is 2.48. The van der Waals surface area contributed by atoms with Crippen LogP contribution < -0.4 is 5.32 Å². The Balaban J connectivity index is 1.87. The monoisotopic (exact) mass is 586 g/mol. The van der Waals surface area contributed by atoms with Crippen LogP contribution in [-0.4, -0.2) is 133 Å². The Hall–Kier alpha value is -2.40. The van der Waals surface area contributed by atoms with Crippen molar-refractivity contribution in [3.8, 4) is 0 Å². The molecule has 0 aromatic rings. The number of aliphatic hydroxyl groups is 4. The minimum atomic E-state index is -1.45. The molecule has 41 heavy (non-hydrogen) atoms. The molecule has 0 aliphatic carbocycles. The van der Waals surface area contributed by atoms with Gasteiger partial charge >= 0.3 is 11.9 Å². The number of esters is 1. The van der Waals surface area contributed by atoms with Gasteiger partial charge in [-0.2, -0.15) is 0 Å². The lowest BCUT2D eigenvalue weighted by Crippen LogP contribution is -2.61. The number of β-amino-alcohol motifs (C(OH)–C–C–N with tert-alkyl or cyclic N) is 1. The van der Waals surface area contributed by atoms with Crippen LogP contribution in [0.15, 0.2) is 36.6 Å². The first-order valence-corrected chi connectivity index (χ1v) is 13.5. The van der Waals surface area contributed by atoms with Crippen LogP contribution in [0, 0.1) is 23.7 Å². The molecule has 0 aromatic carbocycles. The van der Waals surface area contributed by atoms with Crippen molar-refractivity contribution < 1.29 is 58.8 Å². The number of nitrogens with one attached hydrogen (secondary N) is 1. The third kappa shape index (κ3) is 8.12. The molecule has 2 fully saturated rings. The first-order chi connectivity index (χ1) is 19.7. The summed E-state index contributed by atoms with van der Waals surface area (Å²) in [4.78, 5) is 26.3. The van der Waals surface area contributed by atoms with Gasteiger partial charge in [0.2, 0.25) is 6.29 Å². The van der Waals surface area contributed by atoms with Crippen molar-refractivity contribution in [2.24, 2.45) is 23.7 Å². The number of rotatable bonds is 13. The molecule has 232 valence electrons. The summed E-state index contributed by atoms with van der Waals surface area (Å²) >= 11 is 0. The van der Waals surface area contributed by atoms with E-state index in [0.29, 0.717) is 26.1 Å². The van der Waals surface area contributed by atoms with Crippen molar-refractivity contribution >= 4 is 11.9 Å². The van der Waals surface area contributed by atoms with E-state index in [1.54, 1.807) is 13.1 Å². The lowest BCUT2D eigenvalue weighted by Gasteiger charge is -2.44. The van der Waals surface area contributed by atoms with Gasteiger partial charge < -0.3 is 49.2 Å². The van der Waals surface area contributed by atoms with Crippen LogP contribution in [0.2, 0.25) is 0 Å². The molecule has 10 unspecified atom stereocenters. The van der Waals surface area contributed by atoms with Crippen molar-refractivity contribution in [1.29, 1.82) is 0 Å². The van der Waals surface area contributed by atoms with E-state index in [4.69, 9.17) is 23.7 Å². The Labute approximate surface area is 238 Å². The predicted molar refractivity (Wildman–Crippen MR) is 142 cm³/mol. The molecule has 6 N–H and O–H groups in total. The fraction of sp³-hybridized carbons (Fsp3) is 0.704. The van der Waals surface area contributed by atoms with Gasteiger partial charge in [-0.25, -0.2) is 4.79 Å². The van der Waals surface area contributed by atoms with Gasteiger partial charge in [-0.05, 0) is 19.4 Å². The number of aliphatic hydroxyl groups excluding tert-OH is 4. The summed E-state index contributed by atoms with van der Waals surface area (Å²) in [6, 6.07) is 0. The predicted octanol–water partition coefficient (Wildman–Crippen LogP) is -1.59. The van der Waals surface area contributed by atoms with Crippen LogP contribution in [0.25, 0.3) is 0 Å². The molecule has 2 saturated heterocycles. The Morgan fingerprint density at radius 1 is 1.20 bits per heavy atom. The number of ether oxygens (including phenoxy) is 5. The third-order valence-electron chi connectivity index (χ3n) is 7.54. The zero-order valence-corrected chi connectivity index (χ0v) is 23.3. The zero-order chi connectivity index (χ0) is 30.1. The van der Waals surface area contributed by atoms with Gasteiger partial charge in [0.25, 0.3) is 0 Å². The minimum Gasteiger partial charge on any atom is -0.481 e. The Morgan fingerprint density at radius 3 is 2.56 bits per heavy atom. The summed E-state index contributed by atoms with van der Waals surface area (Å²) in [5.41, 5.74) is 0.183. The van der Waals surface area contributed by atoms with Crippen LogP contribution in [-0.2, 0) is 33.3 Å². The molecule has 0 spiro atoms. The normalized spacial score (nSPS) is 36.4. The number of hydrogen-bond donors (Lipinski definition) is 6. The molecule has 3 aliphatic heterocycles. The summed E-state index contributed by atoms with van der Waals surface area (Å²) in [5.74, 6) is -3.67. The fourth-order valence-corrected chi connectivity index (χ4v) is 5.41. The number of hydrogen-bond acceptors (Lipinski definition) is 13. The van der Waals surface area contributed by atoms with E-state index in [9.17, 15) is 35.1 Å². The number of likely N-dealkylation sites (tertiary alicyclic amines) is 1. The summed E-state index contributed by atoms with van der Waals surface area (Å²) in [6.45, 7) is 4.42. The fourth-order valence-electron chi connectivity index (χ4n) is 5.41. The molecule has 0 saturated carbocycles. The highest BCUT2D eigenvalue weighted by Crippen LogP contribution is 2.37. The van der Waals surface area contributed by atoms with Gasteiger partial charge in [-0.1, -0.05) is 18.2 Å². The van der Waals surface area contributed by atoms with Crippen LogP contribution in [0.3, 0.4) is 0 Å². The van der Waals surface area contributed by atoms with Gasteiger partial charge in [0.15, 0.2) is 6.29 Å². The topological polar surface area (TPSA) is 197 Å². The highest BCUT2D eigenvalue weighted by molar-refractivity contribution is 5.89. The van der Waals surface area contributed by atoms with Crippen LogP contribution in [0.1, 0.15) is 6.42 Å². The second-order valence-electron chi connectivity index (χ2n) is 10.3. The van der Waals surface area contributed by atoms with E-state index in [1.807, 2.05) is 11.0 Å². The van der Waals surface area contributed by atoms with Crippen molar-refractivity contribution in [3.63, 3.8) is 0 Å². The Bertz CT molecular complexity index is 945. The Morgan fingerprint density at radius 2 is 1.95 bits per heavy atom. The lowest BCUT2D eigenvalue weighted by molar-refractivity contribution is -0.345. The largest absolute Gasteiger partial charge is 0.481 e. The smallest absolute Gasteiger partial charge is 0.337 e. The molecule has 0 amide bonds. The molecule has 14 nitrogen and oxygen atoms in total. The summed E-state index contributed by atoms with van der Waals surface area (Å²) < 4.78 is 28.1. The van der Waals surface area contributed by atoms with Gasteiger partial charge in [0, 0.05) is 25.6 Å². The molecule has 0 aromatic heterocycles. The summed E-state index contributed by atoms with van der Waals surface area (Å²) in [5, 5.41) is 52.4. The SMILES string of the molecule is C=CC1C(OC2OC(CO)C(O)C(O)C2OCNC)OC=C(C(=O)OC)C1C=CC1CC(C(=O)O)CN(CCO)C1. The summed E-state index contributed by atoms with van der Waals surface area (Å²) in [6.07, 6.45) is -0.790. The molecule has 0 bridgehead atoms. The highest BCUT2D eigenvalue weighted by atomic mass is 16.8. The maximum absolute atomic E-state index is 12.7. The van der Waals surface area contributed by atoms with Crippen molar-refractivity contribution in [2.75, 3.05) is 53.7 Å². The van der Waals surface area contributed by atoms with E-state index in [2.05, 4.69) is 11.9 Å². The van der Waals surface area contributed by atoms with Crippen LogP contribution >= 0.6 is 0 Å². The van der Waals surface area contributed by atoms with Crippen molar-refractivity contribution in [2.45, 2.75) is 43.4 Å². The average molecular weight is 587 g/mol. The van der Waals surface area contributed by atoms with E-state index >= 15 is 0 Å². The van der Waals surface area contributed by atoms with E-state index in [-0.39, 0.29) is 24.8 Å². The molecular weight excluding hydrogens is 544 g/mol.